The molecule has 0 radical (unpaired) electrons. The molecule has 0 bridgehead atoms. The number of ether oxygens (including phenoxy) is 2. The summed E-state index contributed by atoms with van der Waals surface area (Å²) in [6, 6.07) is 8.77. The van der Waals surface area contributed by atoms with E-state index in [4.69, 9.17) is 9.47 Å². The van der Waals surface area contributed by atoms with Gasteiger partial charge in [0.1, 0.15) is 0 Å². The van der Waals surface area contributed by atoms with Crippen molar-refractivity contribution in [2.45, 2.75) is 64.1 Å². The molecule has 5 heteroatoms. The highest BCUT2D eigenvalue weighted by molar-refractivity contribution is 5.80. The zero-order chi connectivity index (χ0) is 19.8. The summed E-state index contributed by atoms with van der Waals surface area (Å²) >= 11 is 0. The van der Waals surface area contributed by atoms with Crippen molar-refractivity contribution in [3.8, 4) is 0 Å². The van der Waals surface area contributed by atoms with Gasteiger partial charge in [0.15, 0.2) is 5.96 Å². The van der Waals surface area contributed by atoms with E-state index in [0.717, 1.165) is 58.1 Å². The molecule has 1 aromatic rings. The van der Waals surface area contributed by atoms with Crippen molar-refractivity contribution in [2.75, 3.05) is 39.9 Å². The number of aliphatic imine (C=N–C) groups is 1. The summed E-state index contributed by atoms with van der Waals surface area (Å²) in [5.41, 5.74) is 2.69. The van der Waals surface area contributed by atoms with Crippen LogP contribution in [0.1, 0.15) is 56.1 Å². The van der Waals surface area contributed by atoms with Crippen LogP contribution in [0.5, 0.6) is 0 Å². The molecular weight excluding hydrogens is 350 g/mol. The van der Waals surface area contributed by atoms with E-state index in [0.29, 0.717) is 18.1 Å². The van der Waals surface area contributed by atoms with Crippen molar-refractivity contribution in [3.63, 3.8) is 0 Å². The average Bonchev–Trinajstić information content (AvgIpc) is 2.74. The lowest BCUT2D eigenvalue weighted by Crippen LogP contribution is -2.48. The van der Waals surface area contributed by atoms with E-state index >= 15 is 0 Å². The number of likely N-dealkylation sites (tertiary alicyclic amines) is 1. The maximum atomic E-state index is 6.14. The van der Waals surface area contributed by atoms with Gasteiger partial charge in [-0.15, -0.1) is 0 Å². The number of hydrogen-bond acceptors (Lipinski definition) is 3. The van der Waals surface area contributed by atoms with E-state index in [1.807, 2.05) is 7.05 Å². The highest BCUT2D eigenvalue weighted by Crippen LogP contribution is 2.19. The van der Waals surface area contributed by atoms with Gasteiger partial charge in [0, 0.05) is 33.3 Å². The number of benzene rings is 1. The molecule has 0 aliphatic carbocycles. The molecule has 0 aromatic heterocycles. The second kappa shape index (κ2) is 10.8. The fourth-order valence-electron chi connectivity index (χ4n) is 4.09. The first-order valence-corrected chi connectivity index (χ1v) is 10.9. The van der Waals surface area contributed by atoms with Crippen LogP contribution in [0.3, 0.4) is 0 Å². The lowest BCUT2D eigenvalue weighted by Gasteiger charge is -2.35. The Bertz CT molecular complexity index is 620. The summed E-state index contributed by atoms with van der Waals surface area (Å²) in [5, 5.41) is 3.57. The number of piperidine rings is 1. The third-order valence-corrected chi connectivity index (χ3v) is 5.92. The first-order chi connectivity index (χ1) is 13.7. The molecule has 2 aliphatic rings. The number of rotatable bonds is 6. The smallest absolute Gasteiger partial charge is 0.193 e. The van der Waals surface area contributed by atoms with Crippen molar-refractivity contribution in [2.24, 2.45) is 4.99 Å². The van der Waals surface area contributed by atoms with Crippen molar-refractivity contribution >= 4 is 5.96 Å². The quantitative estimate of drug-likeness (QED) is 0.597. The Balaban J connectivity index is 1.39. The summed E-state index contributed by atoms with van der Waals surface area (Å²) in [6.45, 7) is 8.95. The van der Waals surface area contributed by atoms with Gasteiger partial charge >= 0.3 is 0 Å². The molecule has 2 aliphatic heterocycles. The fourth-order valence-corrected chi connectivity index (χ4v) is 4.09. The molecule has 2 fully saturated rings. The lowest BCUT2D eigenvalue weighted by molar-refractivity contribution is -0.0721. The van der Waals surface area contributed by atoms with Gasteiger partial charge in [-0.05, 0) is 50.5 Å². The van der Waals surface area contributed by atoms with Crippen LogP contribution in [0.2, 0.25) is 0 Å². The Kier molecular flexibility index (Phi) is 8.16. The maximum Gasteiger partial charge on any atom is 0.193 e. The summed E-state index contributed by atoms with van der Waals surface area (Å²) in [7, 11) is 1.88. The van der Waals surface area contributed by atoms with Crippen molar-refractivity contribution < 1.29 is 9.47 Å². The zero-order valence-corrected chi connectivity index (χ0v) is 17.8. The largest absolute Gasteiger partial charge is 0.376 e. The third kappa shape index (κ3) is 6.21. The Labute approximate surface area is 170 Å². The predicted molar refractivity (Wildman–Crippen MR) is 115 cm³/mol. The molecule has 0 amide bonds. The Morgan fingerprint density at radius 1 is 1.29 bits per heavy atom. The lowest BCUT2D eigenvalue weighted by atomic mass is 9.99. The fraction of sp³-hybridized carbons (Fsp3) is 0.696. The number of nitrogens with zero attached hydrogens (tertiary/aromatic N) is 2. The third-order valence-electron chi connectivity index (χ3n) is 5.92. The predicted octanol–water partition coefficient (Wildman–Crippen LogP) is 3.72. The van der Waals surface area contributed by atoms with Crippen LogP contribution in [0.15, 0.2) is 29.3 Å². The topological polar surface area (TPSA) is 46.1 Å². The number of guanidine groups is 1. The molecule has 2 unspecified atom stereocenters. The molecule has 5 nitrogen and oxygen atoms in total. The van der Waals surface area contributed by atoms with Gasteiger partial charge < -0.3 is 19.7 Å². The van der Waals surface area contributed by atoms with Crippen LogP contribution in [0.25, 0.3) is 0 Å². The van der Waals surface area contributed by atoms with Gasteiger partial charge in [0.2, 0.25) is 0 Å². The van der Waals surface area contributed by atoms with Crippen LogP contribution >= 0.6 is 0 Å². The molecule has 0 saturated carbocycles. The first kappa shape index (κ1) is 21.1. The second-order valence-electron chi connectivity index (χ2n) is 8.25. The molecular formula is C23H37N3O2. The van der Waals surface area contributed by atoms with Crippen molar-refractivity contribution in [3.05, 3.63) is 35.4 Å². The number of hydrogen-bond donors (Lipinski definition) is 1. The van der Waals surface area contributed by atoms with Crippen LogP contribution < -0.4 is 5.32 Å². The molecule has 3 rings (SSSR count). The van der Waals surface area contributed by atoms with Crippen molar-refractivity contribution in [1.29, 1.82) is 0 Å². The second-order valence-corrected chi connectivity index (χ2v) is 8.25. The monoisotopic (exact) mass is 387 g/mol. The highest BCUT2D eigenvalue weighted by Gasteiger charge is 2.24. The highest BCUT2D eigenvalue weighted by atomic mass is 16.5. The van der Waals surface area contributed by atoms with E-state index in [1.54, 1.807) is 0 Å². The van der Waals surface area contributed by atoms with Crippen LogP contribution in [0.4, 0.5) is 0 Å². The van der Waals surface area contributed by atoms with Gasteiger partial charge in [0.25, 0.3) is 0 Å². The molecule has 2 saturated heterocycles. The average molecular weight is 388 g/mol. The zero-order valence-electron chi connectivity index (χ0n) is 17.8. The minimum atomic E-state index is 0.310. The van der Waals surface area contributed by atoms with Gasteiger partial charge in [-0.2, -0.15) is 0 Å². The summed E-state index contributed by atoms with van der Waals surface area (Å²) in [5.74, 6) is 1.46. The number of aryl methyl sites for hydroxylation is 1. The minimum Gasteiger partial charge on any atom is -0.376 e. The molecule has 28 heavy (non-hydrogen) atoms. The van der Waals surface area contributed by atoms with E-state index in [1.165, 1.54) is 24.0 Å². The van der Waals surface area contributed by atoms with Gasteiger partial charge in [-0.25, -0.2) is 0 Å². The van der Waals surface area contributed by atoms with Gasteiger partial charge in [-0.1, -0.05) is 36.8 Å². The molecule has 1 N–H and O–H groups in total. The van der Waals surface area contributed by atoms with E-state index < -0.39 is 0 Å². The van der Waals surface area contributed by atoms with Crippen LogP contribution in [-0.2, 0) is 9.47 Å². The van der Waals surface area contributed by atoms with E-state index in [2.05, 4.69) is 53.3 Å². The van der Waals surface area contributed by atoms with Crippen LogP contribution in [0, 0.1) is 6.92 Å². The molecule has 0 spiro atoms. The summed E-state index contributed by atoms with van der Waals surface area (Å²) in [4.78, 5) is 6.87. The Morgan fingerprint density at radius 2 is 2.11 bits per heavy atom. The normalized spacial score (nSPS) is 22.9. The summed E-state index contributed by atoms with van der Waals surface area (Å²) in [6.07, 6.45) is 6.39. The molecule has 2 atom stereocenters. The Morgan fingerprint density at radius 3 is 2.79 bits per heavy atom. The van der Waals surface area contributed by atoms with Crippen molar-refractivity contribution in [1.82, 2.24) is 10.2 Å². The first-order valence-electron chi connectivity index (χ1n) is 10.9. The summed E-state index contributed by atoms with van der Waals surface area (Å²) < 4.78 is 11.9. The minimum absolute atomic E-state index is 0.310. The molecule has 156 valence electrons. The Hall–Kier alpha value is -1.59. The number of nitrogens with one attached hydrogen (secondary N) is 1. The van der Waals surface area contributed by atoms with E-state index in [-0.39, 0.29) is 0 Å². The van der Waals surface area contributed by atoms with Gasteiger partial charge in [-0.3, -0.25) is 4.99 Å². The van der Waals surface area contributed by atoms with Crippen LogP contribution in [-0.4, -0.2) is 63.0 Å². The molecule has 1 aromatic carbocycles. The standard InChI is InChI=1S/C23H37N3O2/c1-18-7-6-8-20(15-18)19(2)16-25-23(24-3)26-12-10-21(11-13-26)28-17-22-9-4-5-14-27-22/h6-8,15,19,21-22H,4-5,9-14,16-17H2,1-3H3,(H,24,25). The maximum absolute atomic E-state index is 6.14. The van der Waals surface area contributed by atoms with E-state index in [9.17, 15) is 0 Å². The molecule has 2 heterocycles. The SMILES string of the molecule is CN=C(NCC(C)c1cccc(C)c1)N1CCC(OCC2CCCCO2)CC1. The van der Waals surface area contributed by atoms with Gasteiger partial charge in [0.05, 0.1) is 18.8 Å².